The topological polar surface area (TPSA) is 80.9 Å². The van der Waals surface area contributed by atoms with E-state index < -0.39 is 7.12 Å². The summed E-state index contributed by atoms with van der Waals surface area (Å²) in [7, 11) is -1.43. The number of halogens is 1. The minimum Gasteiger partial charge on any atom is -0.429 e. The van der Waals surface area contributed by atoms with Crippen LogP contribution in [0.4, 0.5) is 0 Å². The van der Waals surface area contributed by atoms with Crippen molar-refractivity contribution in [1.29, 1.82) is 0 Å². The molecule has 0 heterocycles. The average Bonchev–Trinajstić information content (AvgIpc) is 2.05. The molecule has 1 radical (unpaired) electrons. The largest absolute Gasteiger partial charge is 0.488 e. The highest BCUT2D eigenvalue weighted by Crippen LogP contribution is 2.03. The molecule has 4 N–H and O–H groups in total. The Morgan fingerprint density at radius 3 is 2.08 bits per heavy atom. The molecule has 4 nitrogen and oxygen atoms in total. The lowest BCUT2D eigenvalue weighted by atomic mass is 9.81. The van der Waals surface area contributed by atoms with Crippen LogP contribution in [-0.2, 0) is 0 Å². The summed E-state index contributed by atoms with van der Waals surface area (Å²) in [5, 5.41) is 31.8. The normalized spacial score (nSPS) is 8.38. The minimum atomic E-state index is -1.43. The van der Waals surface area contributed by atoms with Gasteiger partial charge in [-0.25, -0.2) is 0 Å². The second-order valence-corrected chi connectivity index (χ2v) is 2.48. The van der Waals surface area contributed by atoms with E-state index in [-0.39, 0.29) is 7.69 Å². The van der Waals surface area contributed by atoms with Crippen molar-refractivity contribution in [2.24, 2.45) is 0 Å². The minimum absolute atomic E-state index is 0. The molecule has 0 fully saturated rings. The molecule has 0 aliphatic carbocycles. The molecule has 0 spiro atoms. The number of rotatable bonds is 1. The standard InChI is InChI=1S/C6H6BClO2.BH2O2/c8-6-3-1-2-5(4-6)7(9)10;2-1-3/h1-4,9-10H;2-3H. The highest BCUT2D eigenvalue weighted by Gasteiger charge is 2.09. The van der Waals surface area contributed by atoms with Gasteiger partial charge in [0.2, 0.25) is 0 Å². The Hall–Kier alpha value is -0.520. The van der Waals surface area contributed by atoms with Gasteiger partial charge in [0.05, 0.1) is 0 Å². The summed E-state index contributed by atoms with van der Waals surface area (Å²) in [6.07, 6.45) is 0. The summed E-state index contributed by atoms with van der Waals surface area (Å²) in [6.45, 7) is 0. The average molecular weight is 201 g/mol. The zero-order chi connectivity index (χ0) is 10.3. The fourth-order valence-electron chi connectivity index (χ4n) is 0.667. The van der Waals surface area contributed by atoms with Gasteiger partial charge in [0, 0.05) is 5.02 Å². The molecule has 0 saturated heterocycles. The van der Waals surface area contributed by atoms with Crippen LogP contribution in [0.3, 0.4) is 0 Å². The third-order valence-corrected chi connectivity index (χ3v) is 1.38. The van der Waals surface area contributed by atoms with Gasteiger partial charge in [-0.2, -0.15) is 0 Å². The van der Waals surface area contributed by atoms with Gasteiger partial charge in [0.25, 0.3) is 0 Å². The van der Waals surface area contributed by atoms with Crippen molar-refractivity contribution in [2.45, 2.75) is 0 Å². The van der Waals surface area contributed by atoms with Crippen molar-refractivity contribution in [1.82, 2.24) is 0 Å². The van der Waals surface area contributed by atoms with Crippen molar-refractivity contribution in [2.75, 3.05) is 0 Å². The zero-order valence-corrected chi connectivity index (χ0v) is 7.39. The van der Waals surface area contributed by atoms with Crippen LogP contribution in [0.2, 0.25) is 5.02 Å². The van der Waals surface area contributed by atoms with Gasteiger partial charge in [0.1, 0.15) is 0 Å². The van der Waals surface area contributed by atoms with E-state index in [0.717, 1.165) is 0 Å². The SMILES string of the molecule is OB(O)c1cccc(Cl)c1.O[B]O. The first-order valence-corrected chi connectivity index (χ1v) is 3.71. The van der Waals surface area contributed by atoms with E-state index in [2.05, 4.69) is 0 Å². The van der Waals surface area contributed by atoms with Crippen LogP contribution in [0.1, 0.15) is 0 Å². The van der Waals surface area contributed by atoms with E-state index in [1.54, 1.807) is 18.2 Å². The Labute approximate surface area is 81.9 Å². The van der Waals surface area contributed by atoms with E-state index in [1.165, 1.54) is 6.07 Å². The highest BCUT2D eigenvalue weighted by atomic mass is 35.5. The summed E-state index contributed by atoms with van der Waals surface area (Å²) in [5.74, 6) is 0. The Bertz CT molecular complexity index is 246. The van der Waals surface area contributed by atoms with Gasteiger partial charge in [-0.05, 0) is 17.6 Å². The zero-order valence-electron chi connectivity index (χ0n) is 6.63. The Kier molecular flexibility index (Phi) is 6.66. The number of hydrogen-bond donors (Lipinski definition) is 4. The van der Waals surface area contributed by atoms with Crippen LogP contribution in [0.25, 0.3) is 0 Å². The summed E-state index contributed by atoms with van der Waals surface area (Å²) in [4.78, 5) is 0. The van der Waals surface area contributed by atoms with E-state index in [9.17, 15) is 0 Å². The molecule has 0 aliphatic heterocycles. The fourth-order valence-corrected chi connectivity index (χ4v) is 0.866. The molecule has 0 amide bonds. The van der Waals surface area contributed by atoms with Crippen LogP contribution >= 0.6 is 11.6 Å². The van der Waals surface area contributed by atoms with Gasteiger partial charge >= 0.3 is 14.8 Å². The van der Waals surface area contributed by atoms with Gasteiger partial charge in [0.15, 0.2) is 0 Å². The van der Waals surface area contributed by atoms with Crippen LogP contribution in [0.15, 0.2) is 24.3 Å². The molecule has 1 aromatic rings. The first-order valence-electron chi connectivity index (χ1n) is 3.33. The lowest BCUT2D eigenvalue weighted by Gasteiger charge is -1.97. The van der Waals surface area contributed by atoms with Gasteiger partial charge in [-0.3, -0.25) is 0 Å². The molecular weight excluding hydrogens is 193 g/mol. The monoisotopic (exact) mass is 201 g/mol. The second kappa shape index (κ2) is 6.94. The van der Waals surface area contributed by atoms with E-state index >= 15 is 0 Å². The molecule has 0 aromatic heterocycles. The maximum absolute atomic E-state index is 8.65. The summed E-state index contributed by atoms with van der Waals surface area (Å²) in [6, 6.07) is 6.44. The molecule has 0 saturated carbocycles. The van der Waals surface area contributed by atoms with E-state index in [1.807, 2.05) is 0 Å². The molecule has 69 valence electrons. The molecular formula is C6H8B2ClO4. The van der Waals surface area contributed by atoms with Gasteiger partial charge in [-0.1, -0.05) is 23.7 Å². The lowest BCUT2D eigenvalue weighted by molar-refractivity contribution is 0.425. The van der Waals surface area contributed by atoms with E-state index in [0.29, 0.717) is 10.5 Å². The van der Waals surface area contributed by atoms with Gasteiger partial charge in [-0.15, -0.1) is 0 Å². The molecule has 7 heteroatoms. The Morgan fingerprint density at radius 1 is 1.23 bits per heavy atom. The predicted molar refractivity (Wildman–Crippen MR) is 51.5 cm³/mol. The van der Waals surface area contributed by atoms with Gasteiger partial charge < -0.3 is 20.1 Å². The molecule has 1 rings (SSSR count). The predicted octanol–water partition coefficient (Wildman–Crippen LogP) is -1.48. The Balaban J connectivity index is 0.000000424. The smallest absolute Gasteiger partial charge is 0.429 e. The maximum atomic E-state index is 8.65. The molecule has 0 atom stereocenters. The van der Waals surface area contributed by atoms with Crippen LogP contribution in [-0.4, -0.2) is 34.9 Å². The van der Waals surface area contributed by atoms with Crippen molar-refractivity contribution in [3.05, 3.63) is 29.3 Å². The van der Waals surface area contributed by atoms with Crippen LogP contribution < -0.4 is 5.46 Å². The summed E-state index contributed by atoms with van der Waals surface area (Å²) in [5.41, 5.74) is 0.410. The van der Waals surface area contributed by atoms with Crippen LogP contribution in [0, 0.1) is 0 Å². The first-order chi connectivity index (χ1) is 6.11. The first kappa shape index (κ1) is 12.5. The maximum Gasteiger partial charge on any atom is 0.488 e. The van der Waals surface area contributed by atoms with E-state index in [4.69, 9.17) is 31.7 Å². The number of benzene rings is 1. The quantitative estimate of drug-likeness (QED) is 0.418. The van der Waals surface area contributed by atoms with Crippen molar-refractivity contribution in [3.63, 3.8) is 0 Å². The molecule has 13 heavy (non-hydrogen) atoms. The third kappa shape index (κ3) is 5.68. The Morgan fingerprint density at radius 2 is 1.77 bits per heavy atom. The molecule has 1 aromatic carbocycles. The van der Waals surface area contributed by atoms with Crippen molar-refractivity contribution >= 4 is 31.9 Å². The third-order valence-electron chi connectivity index (χ3n) is 1.15. The van der Waals surface area contributed by atoms with Crippen molar-refractivity contribution < 1.29 is 20.1 Å². The fraction of sp³-hybridized carbons (Fsp3) is 0. The summed E-state index contributed by atoms with van der Waals surface area (Å²) < 4.78 is 0. The number of hydrogen-bond acceptors (Lipinski definition) is 4. The lowest BCUT2D eigenvalue weighted by Crippen LogP contribution is -2.29. The molecule has 0 aliphatic rings. The summed E-state index contributed by atoms with van der Waals surface area (Å²) >= 11 is 5.57. The van der Waals surface area contributed by atoms with Crippen LogP contribution in [0.5, 0.6) is 0 Å². The molecule has 0 unspecified atom stereocenters. The highest BCUT2D eigenvalue weighted by molar-refractivity contribution is 6.59. The second-order valence-electron chi connectivity index (χ2n) is 2.04. The van der Waals surface area contributed by atoms with Crippen molar-refractivity contribution in [3.8, 4) is 0 Å². The molecule has 0 bridgehead atoms.